The molecule has 0 saturated heterocycles. The summed E-state index contributed by atoms with van der Waals surface area (Å²) in [6.07, 6.45) is 3.22. The topological polar surface area (TPSA) is 80.3 Å². The standard InChI is InChI=1S/C16H25N3O3S/c1-10-17-8-12(23-10)13(20)19-16(5,11-6-7-11)9-18-14(21)22-15(2,3)4/h8,11H,6-7,9H2,1-5H3,(H,18,21)(H,19,20)/t16-/m1/s1. The molecule has 2 rings (SSSR count). The van der Waals surface area contributed by atoms with E-state index in [0.717, 1.165) is 17.8 Å². The monoisotopic (exact) mass is 339 g/mol. The number of carbonyl (C=O) groups is 2. The molecule has 2 amide bonds. The fourth-order valence-corrected chi connectivity index (χ4v) is 3.04. The maximum Gasteiger partial charge on any atom is 0.407 e. The number of hydrogen-bond donors (Lipinski definition) is 2. The van der Waals surface area contributed by atoms with E-state index in [1.807, 2.05) is 34.6 Å². The molecule has 1 atom stereocenters. The van der Waals surface area contributed by atoms with Crippen molar-refractivity contribution in [3.05, 3.63) is 16.1 Å². The Kier molecular flexibility index (Phi) is 4.98. The van der Waals surface area contributed by atoms with Crippen LogP contribution in [0.15, 0.2) is 6.20 Å². The summed E-state index contributed by atoms with van der Waals surface area (Å²) in [7, 11) is 0. The van der Waals surface area contributed by atoms with E-state index in [2.05, 4.69) is 15.6 Å². The second-order valence-corrected chi connectivity index (χ2v) is 8.48. The van der Waals surface area contributed by atoms with E-state index in [-0.39, 0.29) is 5.91 Å². The summed E-state index contributed by atoms with van der Waals surface area (Å²) >= 11 is 1.37. The van der Waals surface area contributed by atoms with Gasteiger partial charge in [-0.05, 0) is 53.4 Å². The SMILES string of the molecule is Cc1ncc(C(=O)N[C@](C)(CNC(=O)OC(C)(C)C)C2CC2)s1. The number of rotatable bonds is 5. The van der Waals surface area contributed by atoms with Gasteiger partial charge in [-0.3, -0.25) is 4.79 Å². The van der Waals surface area contributed by atoms with Crippen LogP contribution in [-0.2, 0) is 4.74 Å². The number of ether oxygens (including phenoxy) is 1. The van der Waals surface area contributed by atoms with Crippen LogP contribution in [0.25, 0.3) is 0 Å². The number of aryl methyl sites for hydroxylation is 1. The third-order valence-electron chi connectivity index (χ3n) is 3.72. The second-order valence-electron chi connectivity index (χ2n) is 7.24. The predicted octanol–water partition coefficient (Wildman–Crippen LogP) is 2.87. The molecule has 1 heterocycles. The van der Waals surface area contributed by atoms with Crippen LogP contribution in [-0.4, -0.2) is 34.7 Å². The fraction of sp³-hybridized carbons (Fsp3) is 0.688. The molecule has 1 saturated carbocycles. The normalized spacial score (nSPS) is 17.3. The lowest BCUT2D eigenvalue weighted by molar-refractivity contribution is 0.0503. The minimum Gasteiger partial charge on any atom is -0.444 e. The molecule has 0 spiro atoms. The van der Waals surface area contributed by atoms with Gasteiger partial charge in [-0.1, -0.05) is 0 Å². The van der Waals surface area contributed by atoms with Gasteiger partial charge in [-0.25, -0.2) is 9.78 Å². The number of aromatic nitrogens is 1. The molecular weight excluding hydrogens is 314 g/mol. The molecule has 0 aromatic carbocycles. The second kappa shape index (κ2) is 6.47. The van der Waals surface area contributed by atoms with Crippen LogP contribution in [0.1, 0.15) is 55.2 Å². The third kappa shape index (κ3) is 5.20. The van der Waals surface area contributed by atoms with Gasteiger partial charge in [0.15, 0.2) is 0 Å². The van der Waals surface area contributed by atoms with E-state index in [0.29, 0.717) is 17.3 Å². The van der Waals surface area contributed by atoms with Crippen LogP contribution in [0.4, 0.5) is 4.79 Å². The average molecular weight is 339 g/mol. The van der Waals surface area contributed by atoms with Crippen molar-refractivity contribution in [1.29, 1.82) is 0 Å². The molecule has 1 aromatic heterocycles. The van der Waals surface area contributed by atoms with Crippen LogP contribution in [0.5, 0.6) is 0 Å². The highest BCUT2D eigenvalue weighted by Crippen LogP contribution is 2.39. The smallest absolute Gasteiger partial charge is 0.407 e. The molecule has 128 valence electrons. The lowest BCUT2D eigenvalue weighted by Crippen LogP contribution is -2.55. The summed E-state index contributed by atoms with van der Waals surface area (Å²) in [6, 6.07) is 0. The number of thiazole rings is 1. The molecule has 2 N–H and O–H groups in total. The Morgan fingerprint density at radius 3 is 2.48 bits per heavy atom. The van der Waals surface area contributed by atoms with E-state index in [1.165, 1.54) is 11.3 Å². The summed E-state index contributed by atoms with van der Waals surface area (Å²) in [5, 5.41) is 6.70. The van der Waals surface area contributed by atoms with Gasteiger partial charge < -0.3 is 15.4 Å². The first-order valence-corrected chi connectivity index (χ1v) is 8.62. The Bertz CT molecular complexity index is 590. The summed E-state index contributed by atoms with van der Waals surface area (Å²) in [6.45, 7) is 9.64. The predicted molar refractivity (Wildman–Crippen MR) is 89.7 cm³/mol. The van der Waals surface area contributed by atoms with Gasteiger partial charge >= 0.3 is 6.09 Å². The van der Waals surface area contributed by atoms with Gasteiger partial charge in [0.1, 0.15) is 10.5 Å². The molecule has 1 aliphatic carbocycles. The van der Waals surface area contributed by atoms with E-state index in [4.69, 9.17) is 4.74 Å². The van der Waals surface area contributed by atoms with Crippen molar-refractivity contribution >= 4 is 23.3 Å². The van der Waals surface area contributed by atoms with Gasteiger partial charge in [-0.2, -0.15) is 0 Å². The Morgan fingerprint density at radius 2 is 2.00 bits per heavy atom. The molecule has 23 heavy (non-hydrogen) atoms. The first-order valence-electron chi connectivity index (χ1n) is 7.81. The lowest BCUT2D eigenvalue weighted by Gasteiger charge is -2.31. The number of carbonyl (C=O) groups excluding carboxylic acids is 2. The molecule has 1 fully saturated rings. The molecule has 7 heteroatoms. The fourth-order valence-electron chi connectivity index (χ4n) is 2.37. The van der Waals surface area contributed by atoms with Crippen LogP contribution in [0, 0.1) is 12.8 Å². The van der Waals surface area contributed by atoms with E-state index >= 15 is 0 Å². The summed E-state index contributed by atoms with van der Waals surface area (Å²) < 4.78 is 5.26. The van der Waals surface area contributed by atoms with Crippen molar-refractivity contribution in [2.45, 2.75) is 58.6 Å². The van der Waals surface area contributed by atoms with Gasteiger partial charge in [0, 0.05) is 6.54 Å². The highest BCUT2D eigenvalue weighted by Gasteiger charge is 2.43. The van der Waals surface area contributed by atoms with Crippen LogP contribution < -0.4 is 10.6 Å². The zero-order chi connectivity index (χ0) is 17.3. The molecular formula is C16H25N3O3S. The number of nitrogens with zero attached hydrogens (tertiary/aromatic N) is 1. The van der Waals surface area contributed by atoms with Crippen molar-refractivity contribution in [2.24, 2.45) is 5.92 Å². The van der Waals surface area contributed by atoms with Crippen molar-refractivity contribution in [1.82, 2.24) is 15.6 Å². The molecule has 0 radical (unpaired) electrons. The van der Waals surface area contributed by atoms with Gasteiger partial charge in [0.05, 0.1) is 16.7 Å². The Balaban J connectivity index is 1.96. The lowest BCUT2D eigenvalue weighted by atomic mass is 9.95. The molecule has 1 aliphatic rings. The Labute approximate surface area is 141 Å². The van der Waals surface area contributed by atoms with Crippen molar-refractivity contribution < 1.29 is 14.3 Å². The number of hydrogen-bond acceptors (Lipinski definition) is 5. The summed E-state index contributed by atoms with van der Waals surface area (Å²) in [5.74, 6) is 0.228. The number of amides is 2. The van der Waals surface area contributed by atoms with Crippen LogP contribution in [0.2, 0.25) is 0 Å². The van der Waals surface area contributed by atoms with E-state index < -0.39 is 17.2 Å². The highest BCUT2D eigenvalue weighted by molar-refractivity contribution is 7.13. The van der Waals surface area contributed by atoms with Crippen molar-refractivity contribution in [2.75, 3.05) is 6.54 Å². The quantitative estimate of drug-likeness (QED) is 0.864. The van der Waals surface area contributed by atoms with Crippen molar-refractivity contribution in [3.63, 3.8) is 0 Å². The van der Waals surface area contributed by atoms with Gasteiger partial charge in [0.25, 0.3) is 5.91 Å². The van der Waals surface area contributed by atoms with Gasteiger partial charge in [0.2, 0.25) is 0 Å². The third-order valence-corrected chi connectivity index (χ3v) is 4.63. The maximum atomic E-state index is 12.4. The summed E-state index contributed by atoms with van der Waals surface area (Å²) in [5.41, 5.74) is -1.02. The molecule has 6 nitrogen and oxygen atoms in total. The largest absolute Gasteiger partial charge is 0.444 e. The number of alkyl carbamates (subject to hydrolysis) is 1. The summed E-state index contributed by atoms with van der Waals surface area (Å²) in [4.78, 5) is 28.9. The Hall–Kier alpha value is -1.63. The van der Waals surface area contributed by atoms with E-state index in [1.54, 1.807) is 6.20 Å². The molecule has 0 aliphatic heterocycles. The van der Waals surface area contributed by atoms with Crippen LogP contribution >= 0.6 is 11.3 Å². The first-order chi connectivity index (χ1) is 10.6. The first kappa shape index (κ1) is 17.7. The highest BCUT2D eigenvalue weighted by atomic mass is 32.1. The maximum absolute atomic E-state index is 12.4. The number of nitrogens with one attached hydrogen (secondary N) is 2. The molecule has 0 bridgehead atoms. The zero-order valence-electron chi connectivity index (χ0n) is 14.4. The molecule has 1 aromatic rings. The average Bonchev–Trinajstić information content (AvgIpc) is 3.18. The van der Waals surface area contributed by atoms with Crippen LogP contribution in [0.3, 0.4) is 0 Å². The Morgan fingerprint density at radius 1 is 1.35 bits per heavy atom. The van der Waals surface area contributed by atoms with E-state index in [9.17, 15) is 9.59 Å². The molecule has 0 unspecified atom stereocenters. The zero-order valence-corrected chi connectivity index (χ0v) is 15.2. The van der Waals surface area contributed by atoms with Gasteiger partial charge in [-0.15, -0.1) is 11.3 Å². The minimum atomic E-state index is -0.538. The van der Waals surface area contributed by atoms with Crippen molar-refractivity contribution in [3.8, 4) is 0 Å². The minimum absolute atomic E-state index is 0.143.